The van der Waals surface area contributed by atoms with Crippen LogP contribution in [-0.2, 0) is 23.9 Å². The minimum atomic E-state index is -4.61. The Hall–Kier alpha value is -1.41. The molecule has 0 heterocycles. The van der Waals surface area contributed by atoms with Crippen LogP contribution in [0.15, 0.2) is 12.7 Å². The monoisotopic (exact) mass is 490 g/mol. The van der Waals surface area contributed by atoms with E-state index in [1.54, 1.807) is 0 Å². The molecule has 0 aliphatic carbocycles. The molecule has 0 saturated carbocycles. The lowest BCUT2D eigenvalue weighted by atomic mass is 9.96. The van der Waals surface area contributed by atoms with E-state index in [9.17, 15) is 23.1 Å². The lowest BCUT2D eigenvalue weighted by molar-refractivity contribution is -0.147. The number of rotatable bonds is 24. The third kappa shape index (κ3) is 13.8. The SMILES string of the molecule is C=CCOS(=O)(=O)C(CCCCCCCCCCCCCCCCCC)(CC(=O)O)C(=O)O. The molecule has 33 heavy (non-hydrogen) atoms. The lowest BCUT2D eigenvalue weighted by Crippen LogP contribution is -2.49. The van der Waals surface area contributed by atoms with Crippen LogP contribution in [0, 0.1) is 0 Å². The van der Waals surface area contributed by atoms with Crippen LogP contribution in [0.1, 0.15) is 122 Å². The van der Waals surface area contributed by atoms with Crippen molar-refractivity contribution in [2.45, 2.75) is 127 Å². The number of aliphatic carboxylic acids is 2. The van der Waals surface area contributed by atoms with Crippen molar-refractivity contribution in [2.24, 2.45) is 0 Å². The molecule has 0 amide bonds. The number of hydrogen-bond donors (Lipinski definition) is 2. The van der Waals surface area contributed by atoms with E-state index in [0.29, 0.717) is 12.8 Å². The van der Waals surface area contributed by atoms with Gasteiger partial charge in [0, 0.05) is 0 Å². The molecule has 0 aliphatic rings. The molecule has 0 aliphatic heterocycles. The van der Waals surface area contributed by atoms with Crippen molar-refractivity contribution in [2.75, 3.05) is 6.61 Å². The van der Waals surface area contributed by atoms with Crippen molar-refractivity contribution >= 4 is 22.1 Å². The van der Waals surface area contributed by atoms with Crippen LogP contribution >= 0.6 is 0 Å². The Morgan fingerprint density at radius 1 is 0.788 bits per heavy atom. The summed E-state index contributed by atoms with van der Waals surface area (Å²) in [6, 6.07) is 0. The Kier molecular flexibility index (Phi) is 18.1. The molecule has 0 fully saturated rings. The summed E-state index contributed by atoms with van der Waals surface area (Å²) in [6.07, 6.45) is 18.2. The molecule has 8 heteroatoms. The van der Waals surface area contributed by atoms with E-state index in [4.69, 9.17) is 9.29 Å². The van der Waals surface area contributed by atoms with E-state index in [1.807, 2.05) is 0 Å². The summed E-state index contributed by atoms with van der Waals surface area (Å²) in [5.41, 5.74) is 0. The van der Waals surface area contributed by atoms with Gasteiger partial charge in [0.15, 0.2) is 0 Å². The van der Waals surface area contributed by atoms with E-state index < -0.39 is 39.8 Å². The van der Waals surface area contributed by atoms with Crippen molar-refractivity contribution < 1.29 is 32.4 Å². The first-order chi connectivity index (χ1) is 15.7. The number of carboxylic acids is 2. The first kappa shape index (κ1) is 31.6. The van der Waals surface area contributed by atoms with Crippen molar-refractivity contribution in [3.05, 3.63) is 12.7 Å². The van der Waals surface area contributed by atoms with Gasteiger partial charge in [-0.1, -0.05) is 116 Å². The fourth-order valence-electron chi connectivity index (χ4n) is 4.04. The standard InChI is InChI=1S/C25H46O7S/c1-3-5-6-7-8-9-10-11-12-13-14-15-16-17-18-19-20-25(24(28)29,22-23(26)27)33(30,31)32-21-4-2/h4H,2-3,5-22H2,1H3,(H,26,27)(H,28,29). The van der Waals surface area contributed by atoms with Gasteiger partial charge in [-0.25, -0.2) is 0 Å². The van der Waals surface area contributed by atoms with Crippen LogP contribution in [0.2, 0.25) is 0 Å². The largest absolute Gasteiger partial charge is 0.481 e. The Labute approximate surface area is 201 Å². The Morgan fingerprint density at radius 2 is 1.18 bits per heavy atom. The predicted molar refractivity (Wildman–Crippen MR) is 132 cm³/mol. The molecule has 0 aromatic rings. The van der Waals surface area contributed by atoms with Gasteiger partial charge in [-0.3, -0.25) is 13.8 Å². The maximum Gasteiger partial charge on any atom is 0.328 e. The molecule has 1 atom stereocenters. The Bertz CT molecular complexity index is 645. The Morgan fingerprint density at radius 3 is 1.52 bits per heavy atom. The number of carboxylic acid groups (broad SMARTS) is 2. The molecule has 7 nitrogen and oxygen atoms in total. The van der Waals surface area contributed by atoms with Crippen LogP contribution in [0.4, 0.5) is 0 Å². The highest BCUT2D eigenvalue weighted by Gasteiger charge is 2.53. The van der Waals surface area contributed by atoms with E-state index in [0.717, 1.165) is 19.3 Å². The molecular weight excluding hydrogens is 444 g/mol. The summed E-state index contributed by atoms with van der Waals surface area (Å²) in [4.78, 5) is 23.0. The average Bonchev–Trinajstić information content (AvgIpc) is 2.76. The molecule has 1 unspecified atom stereocenters. The summed E-state index contributed by atoms with van der Waals surface area (Å²) in [6.45, 7) is 5.19. The van der Waals surface area contributed by atoms with Crippen LogP contribution < -0.4 is 0 Å². The maximum absolute atomic E-state index is 12.5. The highest BCUT2D eigenvalue weighted by molar-refractivity contribution is 7.89. The smallest absolute Gasteiger partial charge is 0.328 e. The Balaban J connectivity index is 4.11. The van der Waals surface area contributed by atoms with Gasteiger partial charge in [-0.2, -0.15) is 8.42 Å². The summed E-state index contributed by atoms with van der Waals surface area (Å²) in [5.74, 6) is -3.17. The number of hydrogen-bond acceptors (Lipinski definition) is 5. The van der Waals surface area contributed by atoms with Crippen LogP contribution in [0.25, 0.3) is 0 Å². The van der Waals surface area contributed by atoms with Gasteiger partial charge in [0.05, 0.1) is 13.0 Å². The van der Waals surface area contributed by atoms with E-state index in [2.05, 4.69) is 13.5 Å². The summed E-state index contributed by atoms with van der Waals surface area (Å²) in [7, 11) is -4.61. The fourth-order valence-corrected chi connectivity index (χ4v) is 5.45. The molecule has 0 saturated heterocycles. The first-order valence-corrected chi connectivity index (χ1v) is 14.1. The fraction of sp³-hybridized carbons (Fsp3) is 0.840. The van der Waals surface area contributed by atoms with Crippen molar-refractivity contribution in [1.82, 2.24) is 0 Å². The zero-order chi connectivity index (χ0) is 25.0. The van der Waals surface area contributed by atoms with Gasteiger partial charge >= 0.3 is 11.9 Å². The van der Waals surface area contributed by atoms with Crippen LogP contribution in [-0.4, -0.2) is 41.9 Å². The van der Waals surface area contributed by atoms with E-state index in [-0.39, 0.29) is 6.42 Å². The van der Waals surface area contributed by atoms with Gasteiger partial charge in [0.1, 0.15) is 0 Å². The number of carbonyl (C=O) groups is 2. The van der Waals surface area contributed by atoms with Crippen molar-refractivity contribution in [1.29, 1.82) is 0 Å². The molecule has 0 spiro atoms. The molecular formula is C25H46O7S. The van der Waals surface area contributed by atoms with Gasteiger partial charge in [-0.15, -0.1) is 6.58 Å². The predicted octanol–water partition coefficient (Wildman–Crippen LogP) is 6.47. The van der Waals surface area contributed by atoms with E-state index >= 15 is 0 Å². The zero-order valence-electron chi connectivity index (χ0n) is 20.6. The quantitative estimate of drug-likeness (QED) is 0.0904. The molecule has 2 N–H and O–H groups in total. The topological polar surface area (TPSA) is 118 Å². The average molecular weight is 491 g/mol. The highest BCUT2D eigenvalue weighted by atomic mass is 32.2. The molecule has 194 valence electrons. The molecule has 0 aromatic carbocycles. The van der Waals surface area contributed by atoms with Crippen molar-refractivity contribution in [3.63, 3.8) is 0 Å². The molecule has 0 aromatic heterocycles. The highest BCUT2D eigenvalue weighted by Crippen LogP contribution is 2.31. The second-order valence-electron chi connectivity index (χ2n) is 8.95. The summed E-state index contributed by atoms with van der Waals surface area (Å²) >= 11 is 0. The maximum atomic E-state index is 12.5. The third-order valence-electron chi connectivity index (χ3n) is 6.08. The minimum absolute atomic E-state index is 0.285. The van der Waals surface area contributed by atoms with Crippen molar-refractivity contribution in [3.8, 4) is 0 Å². The normalized spacial score (nSPS) is 13.5. The summed E-state index contributed by atoms with van der Waals surface area (Å²) in [5, 5.41) is 18.7. The number of unbranched alkanes of at least 4 members (excludes halogenated alkanes) is 15. The second kappa shape index (κ2) is 19.0. The zero-order valence-corrected chi connectivity index (χ0v) is 21.4. The van der Waals surface area contributed by atoms with Gasteiger partial charge in [-0.05, 0) is 6.42 Å². The second-order valence-corrected chi connectivity index (χ2v) is 10.9. The van der Waals surface area contributed by atoms with Crippen LogP contribution in [0.5, 0.6) is 0 Å². The lowest BCUT2D eigenvalue weighted by Gasteiger charge is -2.26. The summed E-state index contributed by atoms with van der Waals surface area (Å²) < 4.78 is 27.2. The minimum Gasteiger partial charge on any atom is -0.481 e. The third-order valence-corrected chi connectivity index (χ3v) is 8.01. The van der Waals surface area contributed by atoms with Gasteiger partial charge < -0.3 is 10.2 Å². The van der Waals surface area contributed by atoms with Gasteiger partial charge in [0.2, 0.25) is 4.75 Å². The molecule has 0 bridgehead atoms. The molecule has 0 radical (unpaired) electrons. The van der Waals surface area contributed by atoms with E-state index in [1.165, 1.54) is 76.7 Å². The van der Waals surface area contributed by atoms with Gasteiger partial charge in [0.25, 0.3) is 10.1 Å². The van der Waals surface area contributed by atoms with Crippen LogP contribution in [0.3, 0.4) is 0 Å². The molecule has 0 rings (SSSR count). The first-order valence-electron chi connectivity index (χ1n) is 12.7.